The van der Waals surface area contributed by atoms with Gasteiger partial charge in [0.25, 0.3) is 0 Å². The van der Waals surface area contributed by atoms with Gasteiger partial charge in [-0.05, 0) is 12.1 Å². The Bertz CT molecular complexity index is 460. The first kappa shape index (κ1) is 16.7. The number of esters is 1. The van der Waals surface area contributed by atoms with Crippen molar-refractivity contribution in [3.05, 3.63) is 43.0 Å². The highest BCUT2D eigenvalue weighted by atomic mass is 16.6. The van der Waals surface area contributed by atoms with Crippen LogP contribution < -0.4 is 4.90 Å². The van der Waals surface area contributed by atoms with Crippen molar-refractivity contribution in [1.29, 1.82) is 0 Å². The maximum atomic E-state index is 11.7. The number of nitrogens with zero attached hydrogens (tertiary/aromatic N) is 1. The fourth-order valence-electron chi connectivity index (χ4n) is 1.62. The minimum Gasteiger partial charge on any atom is -0.480 e. The summed E-state index contributed by atoms with van der Waals surface area (Å²) in [6, 6.07) is 8.85. The summed E-state index contributed by atoms with van der Waals surface area (Å²) < 4.78 is 10.1. The summed E-state index contributed by atoms with van der Waals surface area (Å²) >= 11 is 0. The highest BCUT2D eigenvalue weighted by molar-refractivity contribution is 5.80. The molecule has 6 heteroatoms. The van der Waals surface area contributed by atoms with E-state index < -0.39 is 11.9 Å². The Hall–Kier alpha value is -2.34. The minimum absolute atomic E-state index is 0.127. The SMILES string of the molecule is C=CCOCCOC(=O)CN(CC(=O)O)c1ccccc1. The highest BCUT2D eigenvalue weighted by Gasteiger charge is 2.15. The maximum Gasteiger partial charge on any atom is 0.325 e. The number of carbonyl (C=O) groups is 2. The third-order valence-electron chi connectivity index (χ3n) is 2.49. The molecule has 0 fully saturated rings. The molecular formula is C15H19NO5. The van der Waals surface area contributed by atoms with E-state index in [4.69, 9.17) is 14.6 Å². The first-order chi connectivity index (χ1) is 10.1. The van der Waals surface area contributed by atoms with Crippen LogP contribution in [0.3, 0.4) is 0 Å². The molecule has 0 bridgehead atoms. The molecule has 0 aliphatic heterocycles. The van der Waals surface area contributed by atoms with Crippen LogP contribution in [-0.4, -0.2) is 50.0 Å². The van der Waals surface area contributed by atoms with Crippen LogP contribution in [0, 0.1) is 0 Å². The average molecular weight is 293 g/mol. The molecule has 0 saturated carbocycles. The number of benzene rings is 1. The molecule has 0 atom stereocenters. The highest BCUT2D eigenvalue weighted by Crippen LogP contribution is 2.12. The molecule has 1 rings (SSSR count). The summed E-state index contributed by atoms with van der Waals surface area (Å²) in [4.78, 5) is 24.0. The third kappa shape index (κ3) is 7.12. The summed E-state index contributed by atoms with van der Waals surface area (Å²) in [5.74, 6) is -1.51. The minimum atomic E-state index is -1.01. The second-order valence-corrected chi connectivity index (χ2v) is 4.17. The summed E-state index contributed by atoms with van der Waals surface area (Å²) in [5, 5.41) is 8.91. The van der Waals surface area contributed by atoms with Crippen molar-refractivity contribution < 1.29 is 24.2 Å². The van der Waals surface area contributed by atoms with Crippen LogP contribution in [0.15, 0.2) is 43.0 Å². The van der Waals surface area contributed by atoms with Crippen molar-refractivity contribution in [2.45, 2.75) is 0 Å². The molecule has 1 N–H and O–H groups in total. The monoisotopic (exact) mass is 293 g/mol. The van der Waals surface area contributed by atoms with Crippen molar-refractivity contribution in [3.63, 3.8) is 0 Å². The number of anilines is 1. The molecule has 6 nitrogen and oxygen atoms in total. The van der Waals surface area contributed by atoms with Gasteiger partial charge in [-0.25, -0.2) is 0 Å². The Morgan fingerprint density at radius 1 is 1.19 bits per heavy atom. The molecule has 1 aromatic rings. The van der Waals surface area contributed by atoms with Crippen LogP contribution >= 0.6 is 0 Å². The molecule has 0 heterocycles. The molecule has 0 radical (unpaired) electrons. The fraction of sp³-hybridized carbons (Fsp3) is 0.333. The van der Waals surface area contributed by atoms with E-state index in [1.807, 2.05) is 6.07 Å². The van der Waals surface area contributed by atoms with Gasteiger partial charge in [-0.15, -0.1) is 6.58 Å². The molecule has 0 unspecified atom stereocenters. The Morgan fingerprint density at radius 3 is 2.52 bits per heavy atom. The summed E-state index contributed by atoms with van der Waals surface area (Å²) in [6.07, 6.45) is 1.60. The lowest BCUT2D eigenvalue weighted by Gasteiger charge is -2.21. The van der Waals surface area contributed by atoms with Crippen LogP contribution in [-0.2, 0) is 19.1 Å². The standard InChI is InChI=1S/C15H19NO5/c1-2-8-20-9-10-21-15(19)12-16(11-14(17)18)13-6-4-3-5-7-13/h2-7H,1,8-12H2,(H,17,18). The molecule has 0 aliphatic rings. The lowest BCUT2D eigenvalue weighted by molar-refractivity contribution is -0.143. The van der Waals surface area contributed by atoms with Crippen LogP contribution in [0.4, 0.5) is 5.69 Å². The van der Waals surface area contributed by atoms with E-state index in [9.17, 15) is 9.59 Å². The van der Waals surface area contributed by atoms with Gasteiger partial charge in [0.1, 0.15) is 19.7 Å². The van der Waals surface area contributed by atoms with Gasteiger partial charge >= 0.3 is 11.9 Å². The van der Waals surface area contributed by atoms with Crippen LogP contribution in [0.2, 0.25) is 0 Å². The molecule has 0 aromatic heterocycles. The van der Waals surface area contributed by atoms with Crippen LogP contribution in [0.5, 0.6) is 0 Å². The Labute approximate surface area is 123 Å². The molecule has 0 spiro atoms. The first-order valence-electron chi connectivity index (χ1n) is 6.49. The summed E-state index contributed by atoms with van der Waals surface area (Å²) in [6.45, 7) is 3.90. The van der Waals surface area contributed by atoms with E-state index >= 15 is 0 Å². The summed E-state index contributed by atoms with van der Waals surface area (Å²) in [7, 11) is 0. The number of ether oxygens (including phenoxy) is 2. The normalized spacial score (nSPS) is 9.90. The number of carboxylic acid groups (broad SMARTS) is 1. The second kappa shape index (κ2) is 9.55. The zero-order chi connectivity index (χ0) is 15.5. The number of rotatable bonds is 10. The average Bonchev–Trinajstić information content (AvgIpc) is 2.47. The van der Waals surface area contributed by atoms with E-state index in [2.05, 4.69) is 6.58 Å². The third-order valence-corrected chi connectivity index (χ3v) is 2.49. The van der Waals surface area contributed by atoms with Crippen LogP contribution in [0.1, 0.15) is 0 Å². The zero-order valence-electron chi connectivity index (χ0n) is 11.7. The van der Waals surface area contributed by atoms with E-state index in [1.165, 1.54) is 4.90 Å². The Kier molecular flexibility index (Phi) is 7.60. The number of hydrogen-bond acceptors (Lipinski definition) is 5. The number of carbonyl (C=O) groups excluding carboxylic acids is 1. The van der Waals surface area contributed by atoms with Gasteiger partial charge in [0, 0.05) is 5.69 Å². The van der Waals surface area contributed by atoms with E-state index in [0.717, 1.165) is 0 Å². The van der Waals surface area contributed by atoms with Gasteiger partial charge in [0.05, 0.1) is 13.2 Å². The maximum absolute atomic E-state index is 11.7. The van der Waals surface area contributed by atoms with Crippen molar-refractivity contribution >= 4 is 17.6 Å². The number of hydrogen-bond donors (Lipinski definition) is 1. The molecule has 0 saturated heterocycles. The molecule has 0 amide bonds. The quantitative estimate of drug-likeness (QED) is 0.398. The predicted molar refractivity (Wildman–Crippen MR) is 78.3 cm³/mol. The topological polar surface area (TPSA) is 76.1 Å². The second-order valence-electron chi connectivity index (χ2n) is 4.17. The smallest absolute Gasteiger partial charge is 0.325 e. The number of aliphatic carboxylic acids is 1. The van der Waals surface area contributed by atoms with Gasteiger partial charge in [-0.1, -0.05) is 24.3 Å². The lowest BCUT2D eigenvalue weighted by Crippen LogP contribution is -2.35. The Balaban J connectivity index is 2.47. The van der Waals surface area contributed by atoms with Gasteiger partial charge < -0.3 is 19.5 Å². The lowest BCUT2D eigenvalue weighted by atomic mass is 10.3. The van der Waals surface area contributed by atoms with Crippen molar-refractivity contribution in [2.24, 2.45) is 0 Å². The largest absolute Gasteiger partial charge is 0.480 e. The summed E-state index contributed by atoms with van der Waals surface area (Å²) in [5.41, 5.74) is 0.653. The van der Waals surface area contributed by atoms with Crippen molar-refractivity contribution in [3.8, 4) is 0 Å². The van der Waals surface area contributed by atoms with Gasteiger partial charge in [-0.2, -0.15) is 0 Å². The van der Waals surface area contributed by atoms with Crippen molar-refractivity contribution in [2.75, 3.05) is 37.8 Å². The number of para-hydroxylation sites is 1. The van der Waals surface area contributed by atoms with E-state index in [0.29, 0.717) is 12.3 Å². The van der Waals surface area contributed by atoms with Gasteiger partial charge in [0.15, 0.2) is 0 Å². The number of carboxylic acids is 1. The first-order valence-corrected chi connectivity index (χ1v) is 6.49. The molecule has 0 aliphatic carbocycles. The van der Waals surface area contributed by atoms with E-state index in [-0.39, 0.29) is 26.3 Å². The molecule has 1 aromatic carbocycles. The Morgan fingerprint density at radius 2 is 1.90 bits per heavy atom. The molecule has 114 valence electrons. The van der Waals surface area contributed by atoms with E-state index in [1.54, 1.807) is 30.3 Å². The van der Waals surface area contributed by atoms with Gasteiger partial charge in [-0.3, -0.25) is 9.59 Å². The van der Waals surface area contributed by atoms with Crippen LogP contribution in [0.25, 0.3) is 0 Å². The van der Waals surface area contributed by atoms with Crippen molar-refractivity contribution in [1.82, 2.24) is 0 Å². The van der Waals surface area contributed by atoms with Gasteiger partial charge in [0.2, 0.25) is 0 Å². The molecular weight excluding hydrogens is 274 g/mol. The zero-order valence-corrected chi connectivity index (χ0v) is 11.7. The predicted octanol–water partition coefficient (Wildman–Crippen LogP) is 1.32. The fourth-order valence-corrected chi connectivity index (χ4v) is 1.62. The molecule has 21 heavy (non-hydrogen) atoms.